The third-order valence-corrected chi connectivity index (χ3v) is 6.90. The molecule has 0 aromatic heterocycles. The molecule has 2 nitrogen and oxygen atoms in total. The Kier molecular flexibility index (Phi) is 3.27. The number of ketones is 1. The van der Waals surface area contributed by atoms with Crippen LogP contribution in [0.1, 0.15) is 6.92 Å². The first kappa shape index (κ1) is 11.6. The molecule has 1 aromatic carbocycles. The monoisotopic (exact) mass is 252 g/mol. The molecule has 4 heteroatoms. The van der Waals surface area contributed by atoms with Crippen LogP contribution in [0.2, 0.25) is 0 Å². The topological polar surface area (TPSA) is 26.3 Å². The van der Waals surface area contributed by atoms with Crippen molar-refractivity contribution in [2.75, 3.05) is 12.8 Å². The molecular weight excluding hydrogens is 239 g/mol. The highest BCUT2D eigenvalue weighted by Crippen LogP contribution is 2.56. The van der Waals surface area contributed by atoms with Gasteiger partial charge in [-0.2, -0.15) is 0 Å². The first-order chi connectivity index (χ1) is 7.66. The molecular formula is C12H13O2PS. The lowest BCUT2D eigenvalue weighted by Crippen LogP contribution is -2.08. The Balaban J connectivity index is 2.43. The second kappa shape index (κ2) is 4.52. The molecule has 1 aliphatic rings. The van der Waals surface area contributed by atoms with Crippen LogP contribution in [-0.2, 0) is 21.3 Å². The van der Waals surface area contributed by atoms with Crippen molar-refractivity contribution in [2.45, 2.75) is 6.92 Å². The standard InChI is InChI=1S/C12H13O2PS/c1-2-14-12-8-10(13)9-15(12,16)11-6-4-3-5-7-11/h3-8H,2,9H2,1H3. The van der Waals surface area contributed by atoms with Crippen LogP contribution in [0.3, 0.4) is 0 Å². The summed E-state index contributed by atoms with van der Waals surface area (Å²) in [5, 5.41) is 1.07. The summed E-state index contributed by atoms with van der Waals surface area (Å²) in [4.78, 5) is 11.5. The Morgan fingerprint density at radius 1 is 1.38 bits per heavy atom. The van der Waals surface area contributed by atoms with Crippen molar-refractivity contribution >= 4 is 28.9 Å². The van der Waals surface area contributed by atoms with Crippen LogP contribution < -0.4 is 5.30 Å². The molecule has 0 bridgehead atoms. The zero-order valence-corrected chi connectivity index (χ0v) is 10.8. The first-order valence-corrected chi connectivity index (χ1v) is 8.18. The van der Waals surface area contributed by atoms with Gasteiger partial charge < -0.3 is 4.74 Å². The first-order valence-electron chi connectivity index (χ1n) is 5.19. The molecule has 1 aliphatic heterocycles. The van der Waals surface area contributed by atoms with E-state index in [4.69, 9.17) is 16.5 Å². The molecule has 0 amide bonds. The van der Waals surface area contributed by atoms with Crippen molar-refractivity contribution in [3.05, 3.63) is 41.9 Å². The fraction of sp³-hybridized carbons (Fsp3) is 0.250. The molecule has 1 heterocycles. The molecule has 1 atom stereocenters. The Hall–Kier alpha value is -0.920. The van der Waals surface area contributed by atoms with Gasteiger partial charge in [-0.3, -0.25) is 4.79 Å². The Bertz CT molecular complexity index is 479. The van der Waals surface area contributed by atoms with Crippen molar-refractivity contribution in [3.63, 3.8) is 0 Å². The van der Waals surface area contributed by atoms with Gasteiger partial charge >= 0.3 is 0 Å². The molecule has 0 N–H and O–H groups in total. The summed E-state index contributed by atoms with van der Waals surface area (Å²) in [6.45, 7) is 2.47. The van der Waals surface area contributed by atoms with E-state index in [-0.39, 0.29) is 5.78 Å². The van der Waals surface area contributed by atoms with Crippen molar-refractivity contribution in [3.8, 4) is 0 Å². The SMILES string of the molecule is CCOC1=CC(=O)CP1(=S)c1ccccc1. The molecule has 0 aliphatic carbocycles. The predicted molar refractivity (Wildman–Crippen MR) is 69.9 cm³/mol. The van der Waals surface area contributed by atoms with E-state index in [0.29, 0.717) is 12.8 Å². The highest BCUT2D eigenvalue weighted by atomic mass is 32.4. The quantitative estimate of drug-likeness (QED) is 0.772. The second-order valence-corrected chi connectivity index (χ2v) is 8.24. The van der Waals surface area contributed by atoms with E-state index in [0.717, 1.165) is 10.8 Å². The number of hydrogen-bond donors (Lipinski definition) is 0. The zero-order valence-electron chi connectivity index (χ0n) is 9.05. The highest BCUT2D eigenvalue weighted by molar-refractivity contribution is 8.20. The molecule has 0 radical (unpaired) electrons. The smallest absolute Gasteiger partial charge is 0.165 e. The molecule has 2 rings (SSSR count). The predicted octanol–water partition coefficient (Wildman–Crippen LogP) is 2.25. The van der Waals surface area contributed by atoms with E-state index < -0.39 is 6.04 Å². The van der Waals surface area contributed by atoms with Gasteiger partial charge in [-0.15, -0.1) is 0 Å². The third-order valence-electron chi connectivity index (χ3n) is 2.48. The van der Waals surface area contributed by atoms with Crippen molar-refractivity contribution < 1.29 is 9.53 Å². The van der Waals surface area contributed by atoms with Crippen LogP contribution in [0.5, 0.6) is 0 Å². The Morgan fingerprint density at radius 3 is 2.69 bits per heavy atom. The summed E-state index contributed by atoms with van der Waals surface area (Å²) in [5.41, 5.74) is 0.723. The molecule has 84 valence electrons. The molecule has 16 heavy (non-hydrogen) atoms. The molecule has 1 unspecified atom stereocenters. The van der Waals surface area contributed by atoms with Crippen LogP contribution in [0, 0.1) is 0 Å². The van der Waals surface area contributed by atoms with Crippen molar-refractivity contribution in [1.82, 2.24) is 0 Å². The number of benzene rings is 1. The molecule has 0 saturated carbocycles. The summed E-state index contributed by atoms with van der Waals surface area (Å²) in [7, 11) is 0. The Morgan fingerprint density at radius 2 is 2.06 bits per heavy atom. The largest absolute Gasteiger partial charge is 0.492 e. The van der Waals surface area contributed by atoms with Crippen LogP contribution >= 0.6 is 6.04 Å². The minimum Gasteiger partial charge on any atom is -0.492 e. The van der Waals surface area contributed by atoms with Crippen LogP contribution in [0.4, 0.5) is 0 Å². The van der Waals surface area contributed by atoms with Crippen molar-refractivity contribution in [1.29, 1.82) is 0 Å². The summed E-state index contributed by atoms with van der Waals surface area (Å²) < 4.78 is 5.53. The number of carbonyl (C=O) groups excluding carboxylic acids is 1. The summed E-state index contributed by atoms with van der Waals surface area (Å²) in [6.07, 6.45) is 2.01. The molecule has 1 aromatic rings. The van der Waals surface area contributed by atoms with Gasteiger partial charge in [0.05, 0.1) is 18.8 Å². The lowest BCUT2D eigenvalue weighted by atomic mass is 10.4. The number of allylic oxidation sites excluding steroid dienone is 1. The van der Waals surface area contributed by atoms with Gasteiger partial charge in [-0.05, 0) is 12.2 Å². The summed E-state index contributed by atoms with van der Waals surface area (Å²) >= 11 is 5.69. The number of ether oxygens (including phenoxy) is 1. The van der Waals surface area contributed by atoms with E-state index in [2.05, 4.69) is 0 Å². The molecule has 0 spiro atoms. The van der Waals surface area contributed by atoms with E-state index in [1.165, 1.54) is 0 Å². The highest BCUT2D eigenvalue weighted by Gasteiger charge is 2.34. The normalized spacial score (nSPS) is 24.3. The maximum absolute atomic E-state index is 11.5. The van der Waals surface area contributed by atoms with Crippen LogP contribution in [0.25, 0.3) is 0 Å². The van der Waals surface area contributed by atoms with Gasteiger partial charge in [0.15, 0.2) is 5.78 Å². The van der Waals surface area contributed by atoms with Gasteiger partial charge in [0.1, 0.15) is 5.50 Å². The second-order valence-electron chi connectivity index (χ2n) is 3.62. The Labute approximate surface area is 100 Å². The summed E-state index contributed by atoms with van der Waals surface area (Å²) in [6, 6.07) is 7.86. The maximum Gasteiger partial charge on any atom is 0.165 e. The van der Waals surface area contributed by atoms with Gasteiger partial charge in [-0.1, -0.05) is 42.1 Å². The average Bonchev–Trinajstić information content (AvgIpc) is 2.57. The fourth-order valence-corrected chi connectivity index (χ4v) is 5.30. The number of carbonyl (C=O) groups is 1. The lowest BCUT2D eigenvalue weighted by molar-refractivity contribution is -0.112. The summed E-state index contributed by atoms with van der Waals surface area (Å²) in [5.74, 6) is 0.0932. The molecule has 0 saturated heterocycles. The van der Waals surface area contributed by atoms with E-state index in [1.54, 1.807) is 6.08 Å². The van der Waals surface area contributed by atoms with Crippen LogP contribution in [-0.4, -0.2) is 18.6 Å². The van der Waals surface area contributed by atoms with Gasteiger partial charge in [-0.25, -0.2) is 0 Å². The van der Waals surface area contributed by atoms with Gasteiger partial charge in [0.2, 0.25) is 0 Å². The van der Waals surface area contributed by atoms with Gasteiger partial charge in [0, 0.05) is 6.08 Å². The average molecular weight is 252 g/mol. The molecule has 0 fully saturated rings. The van der Waals surface area contributed by atoms with Gasteiger partial charge in [0.25, 0.3) is 0 Å². The van der Waals surface area contributed by atoms with E-state index in [9.17, 15) is 4.79 Å². The number of rotatable bonds is 3. The third kappa shape index (κ3) is 1.98. The lowest BCUT2D eigenvalue weighted by Gasteiger charge is -2.19. The number of hydrogen-bond acceptors (Lipinski definition) is 3. The maximum atomic E-state index is 11.5. The minimum absolute atomic E-state index is 0.0932. The van der Waals surface area contributed by atoms with E-state index in [1.807, 2.05) is 37.3 Å². The van der Waals surface area contributed by atoms with E-state index >= 15 is 0 Å². The van der Waals surface area contributed by atoms with Crippen molar-refractivity contribution in [2.24, 2.45) is 0 Å². The fourth-order valence-electron chi connectivity index (χ4n) is 1.77. The minimum atomic E-state index is -1.98. The van der Waals surface area contributed by atoms with Crippen LogP contribution in [0.15, 0.2) is 41.9 Å². The zero-order chi connectivity index (χ0) is 11.6.